The summed E-state index contributed by atoms with van der Waals surface area (Å²) >= 11 is 3.37. The first-order chi connectivity index (χ1) is 8.74. The maximum atomic E-state index is 12.0. The van der Waals surface area contributed by atoms with Crippen LogP contribution in [0.2, 0.25) is 0 Å². The van der Waals surface area contributed by atoms with Gasteiger partial charge in [-0.1, -0.05) is 12.1 Å². The van der Waals surface area contributed by atoms with Crippen LogP contribution in [0.4, 0.5) is 0 Å². The number of fused-ring (bicyclic) bond motifs is 2. The highest BCUT2D eigenvalue weighted by Gasteiger charge is 2.36. The van der Waals surface area contributed by atoms with Crippen LogP contribution >= 0.6 is 15.9 Å². The summed E-state index contributed by atoms with van der Waals surface area (Å²) in [5, 5.41) is 4.32. The van der Waals surface area contributed by atoms with Gasteiger partial charge in [-0.2, -0.15) is 5.10 Å². The Labute approximate surface area is 115 Å². The molecule has 0 unspecified atom stereocenters. The Balaban J connectivity index is 1.69. The van der Waals surface area contributed by atoms with Gasteiger partial charge in [-0.05, 0) is 65.6 Å². The van der Waals surface area contributed by atoms with Gasteiger partial charge in [0.25, 0.3) is 5.91 Å². The molecule has 0 spiro atoms. The molecule has 2 aliphatic rings. The lowest BCUT2D eigenvalue weighted by Gasteiger charge is -2.11. The largest absolute Gasteiger partial charge is 0.272 e. The maximum Gasteiger partial charge on any atom is 0.272 e. The number of amides is 1. The number of rotatable bonds is 2. The van der Waals surface area contributed by atoms with Gasteiger partial charge >= 0.3 is 0 Å². The van der Waals surface area contributed by atoms with Crippen LogP contribution in [0.3, 0.4) is 0 Å². The van der Waals surface area contributed by atoms with E-state index in [4.69, 9.17) is 0 Å². The molecule has 18 heavy (non-hydrogen) atoms. The number of nitrogens with zero attached hydrogens (tertiary/aromatic N) is 1. The molecular formula is C14H15BrN2O. The van der Waals surface area contributed by atoms with Crippen molar-refractivity contribution in [3.8, 4) is 0 Å². The van der Waals surface area contributed by atoms with Crippen LogP contribution in [-0.2, 0) is 0 Å². The fraction of sp³-hybridized carbons (Fsp3) is 0.429. The van der Waals surface area contributed by atoms with Gasteiger partial charge in [-0.15, -0.1) is 0 Å². The molecule has 0 heterocycles. The van der Waals surface area contributed by atoms with E-state index < -0.39 is 0 Å². The summed E-state index contributed by atoms with van der Waals surface area (Å²) < 4.78 is 0.802. The van der Waals surface area contributed by atoms with Gasteiger partial charge in [0, 0.05) is 10.2 Å². The summed E-state index contributed by atoms with van der Waals surface area (Å²) in [6.07, 6.45) is 4.92. The second-order valence-corrected chi connectivity index (χ2v) is 5.96. The van der Waals surface area contributed by atoms with E-state index in [1.165, 1.54) is 25.0 Å². The summed E-state index contributed by atoms with van der Waals surface area (Å²) in [4.78, 5) is 12.0. The van der Waals surface area contributed by atoms with Crippen LogP contribution in [0, 0.1) is 11.8 Å². The van der Waals surface area contributed by atoms with Crippen molar-refractivity contribution in [1.29, 1.82) is 0 Å². The van der Waals surface area contributed by atoms with E-state index in [0.29, 0.717) is 11.5 Å². The number of halogens is 1. The highest BCUT2D eigenvalue weighted by Crippen LogP contribution is 2.42. The van der Waals surface area contributed by atoms with Crippen molar-refractivity contribution >= 4 is 27.5 Å². The van der Waals surface area contributed by atoms with Crippen LogP contribution in [0.1, 0.15) is 36.0 Å². The van der Waals surface area contributed by atoms with Gasteiger partial charge in [0.05, 0.1) is 5.56 Å². The Hall–Kier alpha value is -1.16. The molecule has 2 saturated carbocycles. The average molecular weight is 307 g/mol. The molecule has 1 aromatic carbocycles. The number of hydrogen-bond acceptors (Lipinski definition) is 2. The van der Waals surface area contributed by atoms with Crippen LogP contribution in [-0.4, -0.2) is 11.6 Å². The molecular weight excluding hydrogens is 292 g/mol. The first-order valence-electron chi connectivity index (χ1n) is 6.35. The van der Waals surface area contributed by atoms with Gasteiger partial charge in [-0.25, -0.2) is 5.43 Å². The molecule has 2 aliphatic carbocycles. The molecule has 0 radical (unpaired) electrons. The molecule has 2 fully saturated rings. The van der Waals surface area contributed by atoms with Crippen LogP contribution < -0.4 is 5.43 Å². The summed E-state index contributed by atoms with van der Waals surface area (Å²) in [5.74, 6) is 1.29. The molecule has 4 heteroatoms. The van der Waals surface area contributed by atoms with Crippen LogP contribution in [0.25, 0.3) is 0 Å². The van der Waals surface area contributed by atoms with E-state index in [1.807, 2.05) is 18.2 Å². The summed E-state index contributed by atoms with van der Waals surface area (Å²) in [6, 6.07) is 7.40. The Morgan fingerprint density at radius 1 is 1.33 bits per heavy atom. The Bertz CT molecular complexity index is 512. The Morgan fingerprint density at radius 2 is 2.17 bits per heavy atom. The maximum absolute atomic E-state index is 12.0. The highest BCUT2D eigenvalue weighted by atomic mass is 79.9. The predicted octanol–water partition coefficient (Wildman–Crippen LogP) is 3.35. The minimum absolute atomic E-state index is 0.141. The topological polar surface area (TPSA) is 41.5 Å². The zero-order chi connectivity index (χ0) is 12.5. The van der Waals surface area contributed by atoms with Crippen molar-refractivity contribution in [2.24, 2.45) is 16.9 Å². The predicted molar refractivity (Wildman–Crippen MR) is 74.5 cm³/mol. The first kappa shape index (κ1) is 11.9. The zero-order valence-corrected chi connectivity index (χ0v) is 11.6. The summed E-state index contributed by atoms with van der Waals surface area (Å²) in [5.41, 5.74) is 4.50. The van der Waals surface area contributed by atoms with Gasteiger partial charge in [-0.3, -0.25) is 4.79 Å². The van der Waals surface area contributed by atoms with E-state index in [0.717, 1.165) is 16.8 Å². The van der Waals surface area contributed by atoms with Crippen LogP contribution in [0.15, 0.2) is 33.8 Å². The molecule has 3 rings (SSSR count). The normalized spacial score (nSPS) is 27.7. The zero-order valence-electron chi connectivity index (χ0n) is 10.0. The van der Waals surface area contributed by atoms with E-state index in [2.05, 4.69) is 26.5 Å². The van der Waals surface area contributed by atoms with E-state index >= 15 is 0 Å². The van der Waals surface area contributed by atoms with Crippen LogP contribution in [0.5, 0.6) is 0 Å². The van der Waals surface area contributed by atoms with Crippen molar-refractivity contribution in [3.05, 3.63) is 34.3 Å². The van der Waals surface area contributed by atoms with Crippen molar-refractivity contribution < 1.29 is 4.79 Å². The minimum atomic E-state index is -0.141. The minimum Gasteiger partial charge on any atom is -0.267 e. The lowest BCUT2D eigenvalue weighted by molar-refractivity contribution is 0.0953. The smallest absolute Gasteiger partial charge is 0.267 e. The van der Waals surface area contributed by atoms with Crippen molar-refractivity contribution in [3.63, 3.8) is 0 Å². The number of benzene rings is 1. The first-order valence-corrected chi connectivity index (χ1v) is 7.14. The van der Waals surface area contributed by atoms with Gasteiger partial charge < -0.3 is 0 Å². The second kappa shape index (κ2) is 4.84. The molecule has 3 nitrogen and oxygen atoms in total. The molecule has 1 aromatic rings. The lowest BCUT2D eigenvalue weighted by atomic mass is 9.99. The third-order valence-corrected chi connectivity index (χ3v) is 4.62. The van der Waals surface area contributed by atoms with Gasteiger partial charge in [0.2, 0.25) is 0 Å². The quantitative estimate of drug-likeness (QED) is 0.836. The molecule has 1 amide bonds. The standard InChI is InChI=1S/C14H15BrN2O/c15-12-4-2-1-3-11(12)14(18)17-16-13-8-9-5-6-10(13)7-9/h1-4,9-10H,5-8H2,(H,17,18)/b16-13-/t9-,10-/m1/s1. The molecule has 0 saturated heterocycles. The number of carbonyl (C=O) groups excluding carboxylic acids is 1. The molecule has 0 aliphatic heterocycles. The van der Waals surface area contributed by atoms with Gasteiger partial charge in [0.1, 0.15) is 0 Å². The van der Waals surface area contributed by atoms with Crippen molar-refractivity contribution in [2.45, 2.75) is 25.7 Å². The lowest BCUT2D eigenvalue weighted by Crippen LogP contribution is -2.22. The van der Waals surface area contributed by atoms with Crippen molar-refractivity contribution in [1.82, 2.24) is 5.43 Å². The summed E-state index contributed by atoms with van der Waals surface area (Å²) in [6.45, 7) is 0. The number of hydrazone groups is 1. The third kappa shape index (κ3) is 2.21. The number of carbonyl (C=O) groups is 1. The summed E-state index contributed by atoms with van der Waals surface area (Å²) in [7, 11) is 0. The fourth-order valence-corrected chi connectivity index (χ4v) is 3.46. The van der Waals surface area contributed by atoms with E-state index in [9.17, 15) is 4.79 Å². The second-order valence-electron chi connectivity index (χ2n) is 5.10. The van der Waals surface area contributed by atoms with E-state index in [-0.39, 0.29) is 5.91 Å². The molecule has 94 valence electrons. The molecule has 2 bridgehead atoms. The third-order valence-electron chi connectivity index (χ3n) is 3.93. The fourth-order valence-electron chi connectivity index (χ4n) is 2.99. The molecule has 0 aromatic heterocycles. The highest BCUT2D eigenvalue weighted by molar-refractivity contribution is 9.10. The van der Waals surface area contributed by atoms with Gasteiger partial charge in [0.15, 0.2) is 0 Å². The molecule has 1 N–H and O–H groups in total. The van der Waals surface area contributed by atoms with Crippen molar-refractivity contribution in [2.75, 3.05) is 0 Å². The number of nitrogens with one attached hydrogen (secondary N) is 1. The number of hydrogen-bond donors (Lipinski definition) is 1. The average Bonchev–Trinajstić information content (AvgIpc) is 2.98. The Morgan fingerprint density at radius 3 is 2.83 bits per heavy atom. The monoisotopic (exact) mass is 306 g/mol. The molecule has 2 atom stereocenters. The van der Waals surface area contributed by atoms with E-state index in [1.54, 1.807) is 6.07 Å². The SMILES string of the molecule is O=C(N/N=C1/C[C@@H]2CC[C@@H]1C2)c1ccccc1Br. The Kier molecular flexibility index (Phi) is 3.20.